The molecule has 0 aliphatic rings. The van der Waals surface area contributed by atoms with Crippen LogP contribution >= 0.6 is 0 Å². The fourth-order valence-corrected chi connectivity index (χ4v) is 1.93. The highest BCUT2D eigenvalue weighted by Gasteiger charge is 2.09. The zero-order valence-electron chi connectivity index (χ0n) is 10.2. The van der Waals surface area contributed by atoms with Crippen LogP contribution in [0, 0.1) is 0 Å². The van der Waals surface area contributed by atoms with Crippen LogP contribution in [0.5, 0.6) is 0 Å². The van der Waals surface area contributed by atoms with Crippen molar-refractivity contribution in [2.24, 2.45) is 7.05 Å². The number of carbonyl (C=O) groups is 1. The Hall–Kier alpha value is -2.70. The molecule has 0 aliphatic heterocycles. The highest BCUT2D eigenvalue weighted by atomic mass is 16.4. The predicted molar refractivity (Wildman–Crippen MR) is 66.8 cm³/mol. The minimum Gasteiger partial charge on any atom is -0.478 e. The van der Waals surface area contributed by atoms with Gasteiger partial charge in [-0.05, 0) is 18.2 Å². The standard InChI is InChI=1S/C12H11N5O2/c1-16-11(13-6-15-16)5-17-7-14-9-3-2-8(12(18)19)4-10(9)17/h2-4,6-7H,5H2,1H3,(H,18,19). The van der Waals surface area contributed by atoms with E-state index in [1.165, 1.54) is 6.33 Å². The van der Waals surface area contributed by atoms with Crippen LogP contribution in [0.3, 0.4) is 0 Å². The molecule has 3 rings (SSSR count). The number of nitrogens with zero attached hydrogens (tertiary/aromatic N) is 5. The summed E-state index contributed by atoms with van der Waals surface area (Å²) >= 11 is 0. The monoisotopic (exact) mass is 257 g/mol. The molecule has 7 nitrogen and oxygen atoms in total. The van der Waals surface area contributed by atoms with Gasteiger partial charge in [-0.3, -0.25) is 4.68 Å². The predicted octanol–water partition coefficient (Wildman–Crippen LogP) is 0.911. The first-order valence-corrected chi connectivity index (χ1v) is 5.66. The highest BCUT2D eigenvalue weighted by Crippen LogP contribution is 2.16. The van der Waals surface area contributed by atoms with Crippen LogP contribution in [-0.2, 0) is 13.6 Å². The molecule has 0 fully saturated rings. The maximum absolute atomic E-state index is 11.0. The van der Waals surface area contributed by atoms with Crippen LogP contribution in [-0.4, -0.2) is 35.4 Å². The molecule has 3 aromatic rings. The first-order valence-electron chi connectivity index (χ1n) is 5.66. The van der Waals surface area contributed by atoms with Crippen molar-refractivity contribution in [1.29, 1.82) is 0 Å². The maximum Gasteiger partial charge on any atom is 0.335 e. The second kappa shape index (κ2) is 4.20. The van der Waals surface area contributed by atoms with E-state index in [-0.39, 0.29) is 5.56 Å². The van der Waals surface area contributed by atoms with Crippen molar-refractivity contribution in [3.8, 4) is 0 Å². The minimum atomic E-state index is -0.951. The molecule has 96 valence electrons. The number of imidazole rings is 1. The van der Waals surface area contributed by atoms with Crippen LogP contribution < -0.4 is 0 Å². The molecule has 0 bridgehead atoms. The number of carboxylic acid groups (broad SMARTS) is 1. The van der Waals surface area contributed by atoms with Crippen LogP contribution in [0.25, 0.3) is 11.0 Å². The van der Waals surface area contributed by atoms with Crippen molar-refractivity contribution in [1.82, 2.24) is 24.3 Å². The van der Waals surface area contributed by atoms with Crippen LogP contribution in [0.1, 0.15) is 16.2 Å². The first kappa shape index (κ1) is 11.4. The summed E-state index contributed by atoms with van der Waals surface area (Å²) < 4.78 is 3.53. The number of fused-ring (bicyclic) bond motifs is 1. The third-order valence-corrected chi connectivity index (χ3v) is 2.98. The van der Waals surface area contributed by atoms with E-state index in [2.05, 4.69) is 15.1 Å². The lowest BCUT2D eigenvalue weighted by molar-refractivity contribution is 0.0697. The molecule has 2 aromatic heterocycles. The molecule has 0 atom stereocenters. The van der Waals surface area contributed by atoms with Crippen LogP contribution in [0.4, 0.5) is 0 Å². The number of aromatic carboxylic acids is 1. The van der Waals surface area contributed by atoms with Gasteiger partial charge in [-0.2, -0.15) is 5.10 Å². The molecule has 1 aromatic carbocycles. The Balaban J connectivity index is 2.06. The van der Waals surface area contributed by atoms with Gasteiger partial charge in [0, 0.05) is 7.05 Å². The van der Waals surface area contributed by atoms with Crippen molar-refractivity contribution >= 4 is 17.0 Å². The van der Waals surface area contributed by atoms with Gasteiger partial charge in [-0.1, -0.05) is 0 Å². The van der Waals surface area contributed by atoms with Gasteiger partial charge >= 0.3 is 5.97 Å². The van der Waals surface area contributed by atoms with E-state index < -0.39 is 5.97 Å². The van der Waals surface area contributed by atoms with Gasteiger partial charge in [0.15, 0.2) is 0 Å². The Labute approximate surface area is 108 Å². The molecular formula is C12H11N5O2. The minimum absolute atomic E-state index is 0.243. The van der Waals surface area contributed by atoms with Crippen LogP contribution in [0.2, 0.25) is 0 Å². The molecule has 7 heteroatoms. The Bertz CT molecular complexity index is 758. The number of benzene rings is 1. The molecular weight excluding hydrogens is 246 g/mol. The summed E-state index contributed by atoms with van der Waals surface area (Å²) in [6.45, 7) is 0.496. The van der Waals surface area contributed by atoms with Crippen LogP contribution in [0.15, 0.2) is 30.9 Å². The van der Waals surface area contributed by atoms with Gasteiger partial charge in [-0.15, -0.1) is 0 Å². The average Bonchev–Trinajstić information content (AvgIpc) is 2.97. The molecule has 0 aliphatic carbocycles. The first-order chi connectivity index (χ1) is 9.15. The topological polar surface area (TPSA) is 85.8 Å². The molecule has 0 saturated carbocycles. The van der Waals surface area contributed by atoms with Gasteiger partial charge < -0.3 is 9.67 Å². The van der Waals surface area contributed by atoms with Crippen molar-refractivity contribution in [3.05, 3.63) is 42.2 Å². The van der Waals surface area contributed by atoms with E-state index in [0.29, 0.717) is 6.54 Å². The highest BCUT2D eigenvalue weighted by molar-refractivity contribution is 5.92. The fourth-order valence-electron chi connectivity index (χ4n) is 1.93. The molecule has 1 N–H and O–H groups in total. The third-order valence-electron chi connectivity index (χ3n) is 2.98. The molecule has 0 saturated heterocycles. The summed E-state index contributed by atoms with van der Waals surface area (Å²) in [4.78, 5) is 19.4. The summed E-state index contributed by atoms with van der Waals surface area (Å²) in [6, 6.07) is 4.86. The SMILES string of the molecule is Cn1ncnc1Cn1cnc2ccc(C(=O)O)cc21. The largest absolute Gasteiger partial charge is 0.478 e. The van der Waals surface area contributed by atoms with Gasteiger partial charge in [0.2, 0.25) is 0 Å². The third kappa shape index (κ3) is 1.95. The lowest BCUT2D eigenvalue weighted by atomic mass is 10.2. The molecule has 0 radical (unpaired) electrons. The molecule has 0 spiro atoms. The quantitative estimate of drug-likeness (QED) is 0.753. The van der Waals surface area contributed by atoms with E-state index in [4.69, 9.17) is 5.11 Å². The van der Waals surface area contributed by atoms with Crippen molar-refractivity contribution in [2.45, 2.75) is 6.54 Å². The van der Waals surface area contributed by atoms with Gasteiger partial charge in [-0.25, -0.2) is 14.8 Å². The number of aryl methyl sites for hydroxylation is 1. The van der Waals surface area contributed by atoms with Crippen molar-refractivity contribution < 1.29 is 9.90 Å². The number of rotatable bonds is 3. The lowest BCUT2D eigenvalue weighted by Gasteiger charge is -2.04. The van der Waals surface area contributed by atoms with E-state index in [1.54, 1.807) is 29.2 Å². The number of hydrogen-bond acceptors (Lipinski definition) is 4. The normalized spacial score (nSPS) is 11.0. The molecule has 2 heterocycles. The summed E-state index contributed by atoms with van der Waals surface area (Å²) in [5.41, 5.74) is 1.77. The van der Waals surface area contributed by atoms with E-state index >= 15 is 0 Å². The average molecular weight is 257 g/mol. The summed E-state index contributed by atoms with van der Waals surface area (Å²) in [5.74, 6) is -0.173. The zero-order chi connectivity index (χ0) is 13.4. The Morgan fingerprint density at radius 3 is 2.89 bits per heavy atom. The molecule has 19 heavy (non-hydrogen) atoms. The second-order valence-corrected chi connectivity index (χ2v) is 4.18. The Morgan fingerprint density at radius 1 is 1.37 bits per heavy atom. The smallest absolute Gasteiger partial charge is 0.335 e. The van der Waals surface area contributed by atoms with E-state index in [0.717, 1.165) is 16.9 Å². The Morgan fingerprint density at radius 2 is 2.21 bits per heavy atom. The zero-order valence-corrected chi connectivity index (χ0v) is 10.2. The van der Waals surface area contributed by atoms with Gasteiger partial charge in [0.25, 0.3) is 0 Å². The van der Waals surface area contributed by atoms with Crippen molar-refractivity contribution in [2.75, 3.05) is 0 Å². The van der Waals surface area contributed by atoms with Gasteiger partial charge in [0.1, 0.15) is 12.2 Å². The molecule has 0 unspecified atom stereocenters. The van der Waals surface area contributed by atoms with E-state index in [9.17, 15) is 4.79 Å². The molecule has 0 amide bonds. The number of carboxylic acids is 1. The maximum atomic E-state index is 11.0. The fraction of sp³-hybridized carbons (Fsp3) is 0.167. The summed E-state index contributed by atoms with van der Waals surface area (Å²) in [6.07, 6.45) is 3.15. The van der Waals surface area contributed by atoms with E-state index in [1.807, 2.05) is 11.6 Å². The number of aromatic nitrogens is 5. The summed E-state index contributed by atoms with van der Waals surface area (Å²) in [5, 5.41) is 13.0. The number of hydrogen-bond donors (Lipinski definition) is 1. The summed E-state index contributed by atoms with van der Waals surface area (Å²) in [7, 11) is 1.81. The second-order valence-electron chi connectivity index (χ2n) is 4.18. The Kier molecular flexibility index (Phi) is 2.52. The van der Waals surface area contributed by atoms with Gasteiger partial charge in [0.05, 0.1) is 29.5 Å². The lowest BCUT2D eigenvalue weighted by Crippen LogP contribution is -2.06. The van der Waals surface area contributed by atoms with Crippen molar-refractivity contribution in [3.63, 3.8) is 0 Å².